The van der Waals surface area contributed by atoms with Gasteiger partial charge >= 0.3 is 0 Å². The first kappa shape index (κ1) is 17.7. The van der Waals surface area contributed by atoms with Crippen LogP contribution in [0.2, 0.25) is 0 Å². The van der Waals surface area contributed by atoms with E-state index in [1.165, 1.54) is 0 Å². The molecule has 6 nitrogen and oxygen atoms in total. The third-order valence-electron chi connectivity index (χ3n) is 3.46. The molecule has 0 bridgehead atoms. The second-order valence-corrected chi connectivity index (χ2v) is 5.59. The summed E-state index contributed by atoms with van der Waals surface area (Å²) in [6.07, 6.45) is 2.11. The van der Waals surface area contributed by atoms with E-state index in [1.54, 1.807) is 6.20 Å². The van der Waals surface area contributed by atoms with E-state index in [1.807, 2.05) is 25.1 Å². The Morgan fingerprint density at radius 2 is 2.26 bits per heavy atom. The highest BCUT2D eigenvalue weighted by molar-refractivity contribution is 6.65. The Morgan fingerprint density at radius 1 is 1.48 bits per heavy atom. The molecule has 0 unspecified atom stereocenters. The Bertz CT molecular complexity index is 516. The number of rotatable bonds is 8. The molecule has 1 atom stereocenters. The number of pyridine rings is 1. The van der Waals surface area contributed by atoms with Gasteiger partial charge in [0, 0.05) is 25.8 Å². The van der Waals surface area contributed by atoms with Gasteiger partial charge in [-0.05, 0) is 18.6 Å². The lowest BCUT2D eigenvalue weighted by Gasteiger charge is -2.32. The lowest BCUT2D eigenvalue weighted by molar-refractivity contribution is 0.0494. The average molecular weight is 338 g/mol. The summed E-state index contributed by atoms with van der Waals surface area (Å²) >= 11 is 6.10. The normalized spacial score (nSPS) is 17.0. The van der Waals surface area contributed by atoms with Crippen molar-refractivity contribution in [2.45, 2.75) is 26.2 Å². The zero-order valence-electron chi connectivity index (χ0n) is 13.5. The molecule has 2 rings (SSSR count). The summed E-state index contributed by atoms with van der Waals surface area (Å²) < 4.78 is 5.36. The van der Waals surface area contributed by atoms with Crippen molar-refractivity contribution in [2.75, 3.05) is 26.3 Å². The topological polar surface area (TPSA) is 61.8 Å². The van der Waals surface area contributed by atoms with E-state index in [4.69, 9.17) is 16.3 Å². The highest BCUT2D eigenvalue weighted by Crippen LogP contribution is 2.05. The smallest absolute Gasteiger partial charge is 0.176 e. The molecular formula is C16H24ClN5O. The van der Waals surface area contributed by atoms with Gasteiger partial charge in [-0.1, -0.05) is 31.2 Å². The number of ether oxygens (including phenoxy) is 1. The fourth-order valence-corrected chi connectivity index (χ4v) is 2.24. The Hall–Kier alpha value is -1.63. The molecule has 1 saturated heterocycles. The van der Waals surface area contributed by atoms with Crippen molar-refractivity contribution in [1.82, 2.24) is 20.5 Å². The number of nitrogens with zero attached hydrogens (tertiary/aromatic N) is 3. The summed E-state index contributed by atoms with van der Waals surface area (Å²) in [5.74, 6) is 0.816. The zero-order chi connectivity index (χ0) is 16.5. The standard InChI is InChI=1S/C16H24ClN5O/c1-3-15(17)21-16(19-12-14-6-4-5-7-18-14)20-13(2)22-8-10-23-11-9-22/h4-7,16,19-20H,2-3,8-12H2,1H3/t16-/m1/s1. The van der Waals surface area contributed by atoms with Crippen molar-refractivity contribution < 1.29 is 4.74 Å². The number of aromatic nitrogens is 1. The van der Waals surface area contributed by atoms with Gasteiger partial charge in [0.2, 0.25) is 0 Å². The Balaban J connectivity index is 1.94. The number of nitrogens with one attached hydrogen (secondary N) is 2. The van der Waals surface area contributed by atoms with Crippen molar-refractivity contribution >= 4 is 16.8 Å². The van der Waals surface area contributed by atoms with Gasteiger partial charge in [0.1, 0.15) is 5.17 Å². The van der Waals surface area contributed by atoms with Crippen molar-refractivity contribution in [1.29, 1.82) is 0 Å². The first-order valence-electron chi connectivity index (χ1n) is 7.82. The van der Waals surface area contributed by atoms with Crippen LogP contribution in [0.5, 0.6) is 0 Å². The van der Waals surface area contributed by atoms with E-state index >= 15 is 0 Å². The summed E-state index contributed by atoms with van der Waals surface area (Å²) in [6, 6.07) is 5.82. The molecule has 1 aromatic heterocycles. The van der Waals surface area contributed by atoms with Gasteiger partial charge in [0.25, 0.3) is 0 Å². The first-order valence-corrected chi connectivity index (χ1v) is 8.20. The summed E-state index contributed by atoms with van der Waals surface area (Å²) in [5, 5.41) is 7.16. The molecule has 1 aromatic rings. The SMILES string of the molecule is C=C(N[C@H](N=C(Cl)CC)NCc1ccccn1)N1CCOCC1. The first-order chi connectivity index (χ1) is 11.2. The third-order valence-corrected chi connectivity index (χ3v) is 3.82. The number of hydrogen-bond donors (Lipinski definition) is 2. The van der Waals surface area contributed by atoms with Crippen molar-refractivity contribution in [3.8, 4) is 0 Å². The molecular weight excluding hydrogens is 314 g/mol. The van der Waals surface area contributed by atoms with E-state index in [0.717, 1.165) is 24.6 Å². The van der Waals surface area contributed by atoms with Crippen LogP contribution in [0.3, 0.4) is 0 Å². The molecule has 1 aliphatic rings. The molecule has 1 aliphatic heterocycles. The van der Waals surface area contributed by atoms with Crippen LogP contribution in [-0.2, 0) is 11.3 Å². The van der Waals surface area contributed by atoms with Crippen molar-refractivity contribution in [3.05, 3.63) is 42.5 Å². The second-order valence-electron chi connectivity index (χ2n) is 5.15. The van der Waals surface area contributed by atoms with Crippen molar-refractivity contribution in [3.63, 3.8) is 0 Å². The molecule has 0 radical (unpaired) electrons. The van der Waals surface area contributed by atoms with Gasteiger partial charge in [-0.2, -0.15) is 0 Å². The maximum Gasteiger partial charge on any atom is 0.176 e. The zero-order valence-corrected chi connectivity index (χ0v) is 14.2. The van der Waals surface area contributed by atoms with Crippen LogP contribution in [0.4, 0.5) is 0 Å². The molecule has 126 valence electrons. The molecule has 1 fully saturated rings. The second kappa shape index (κ2) is 9.50. The fraction of sp³-hybridized carbons (Fsp3) is 0.500. The van der Waals surface area contributed by atoms with Gasteiger partial charge in [0.05, 0.1) is 24.7 Å². The summed E-state index contributed by atoms with van der Waals surface area (Å²) in [4.78, 5) is 10.9. The van der Waals surface area contributed by atoms with Crippen LogP contribution < -0.4 is 10.6 Å². The van der Waals surface area contributed by atoms with Crippen LogP contribution in [0.25, 0.3) is 0 Å². The van der Waals surface area contributed by atoms with Crippen LogP contribution in [0.1, 0.15) is 19.0 Å². The Labute approximate surface area is 142 Å². The Morgan fingerprint density at radius 3 is 2.91 bits per heavy atom. The van der Waals surface area contributed by atoms with Gasteiger partial charge in [0.15, 0.2) is 6.29 Å². The van der Waals surface area contributed by atoms with E-state index in [9.17, 15) is 0 Å². The van der Waals surface area contributed by atoms with Gasteiger partial charge in [-0.25, -0.2) is 4.99 Å². The van der Waals surface area contributed by atoms with Gasteiger partial charge < -0.3 is 15.0 Å². The minimum Gasteiger partial charge on any atom is -0.378 e. The molecule has 0 amide bonds. The average Bonchev–Trinajstić information content (AvgIpc) is 2.61. The quantitative estimate of drug-likeness (QED) is 0.560. The maximum absolute atomic E-state index is 6.10. The van der Waals surface area contributed by atoms with Crippen LogP contribution >= 0.6 is 11.6 Å². The highest BCUT2D eigenvalue weighted by Gasteiger charge is 2.15. The molecule has 0 aliphatic carbocycles. The van der Waals surface area contributed by atoms with Crippen LogP contribution in [0.15, 0.2) is 41.8 Å². The van der Waals surface area contributed by atoms with Gasteiger partial charge in [-0.15, -0.1) is 0 Å². The summed E-state index contributed by atoms with van der Waals surface area (Å²) in [7, 11) is 0. The number of hydrogen-bond acceptors (Lipinski definition) is 6. The van der Waals surface area contributed by atoms with E-state index in [-0.39, 0.29) is 6.29 Å². The molecule has 2 heterocycles. The minimum atomic E-state index is -0.347. The maximum atomic E-state index is 6.10. The van der Waals surface area contributed by atoms with Gasteiger partial charge in [-0.3, -0.25) is 10.3 Å². The number of halogens is 1. The molecule has 0 spiro atoms. The molecule has 23 heavy (non-hydrogen) atoms. The number of aliphatic imine (C=N–C) groups is 1. The predicted octanol–water partition coefficient (Wildman–Crippen LogP) is 1.90. The lowest BCUT2D eigenvalue weighted by Crippen LogP contribution is -2.47. The predicted molar refractivity (Wildman–Crippen MR) is 93.1 cm³/mol. The van der Waals surface area contributed by atoms with Crippen molar-refractivity contribution in [2.24, 2.45) is 4.99 Å². The minimum absolute atomic E-state index is 0.347. The largest absolute Gasteiger partial charge is 0.378 e. The summed E-state index contributed by atoms with van der Waals surface area (Å²) in [5.41, 5.74) is 0.944. The number of morpholine rings is 1. The molecule has 0 saturated carbocycles. The van der Waals surface area contributed by atoms with Crippen LogP contribution in [-0.4, -0.2) is 47.6 Å². The lowest BCUT2D eigenvalue weighted by atomic mass is 10.3. The Kier molecular flexibility index (Phi) is 7.32. The van der Waals surface area contributed by atoms with E-state index in [2.05, 4.69) is 32.1 Å². The highest BCUT2D eigenvalue weighted by atomic mass is 35.5. The molecule has 7 heteroatoms. The molecule has 2 N–H and O–H groups in total. The monoisotopic (exact) mass is 337 g/mol. The van der Waals surface area contributed by atoms with E-state index in [0.29, 0.717) is 31.4 Å². The summed E-state index contributed by atoms with van der Waals surface area (Å²) in [6.45, 7) is 9.73. The molecule has 0 aromatic carbocycles. The van der Waals surface area contributed by atoms with Crippen LogP contribution in [0, 0.1) is 0 Å². The fourth-order valence-electron chi connectivity index (χ4n) is 2.15. The van der Waals surface area contributed by atoms with E-state index < -0.39 is 0 Å². The third kappa shape index (κ3) is 6.17.